The maximum atomic E-state index is 9.43. The van der Waals surface area contributed by atoms with Gasteiger partial charge in [-0.1, -0.05) is 23.7 Å². The molecule has 1 aliphatic heterocycles. The number of aromatic nitrogens is 2. The molecule has 2 heterocycles. The molecule has 0 aliphatic carbocycles. The summed E-state index contributed by atoms with van der Waals surface area (Å²) in [5.74, 6) is 1.60. The third-order valence-electron chi connectivity index (χ3n) is 3.37. The van der Waals surface area contributed by atoms with Crippen molar-refractivity contribution in [2.75, 3.05) is 6.54 Å². The lowest BCUT2D eigenvalue weighted by atomic mass is 10.1. The molecule has 1 unspecified atom stereocenters. The van der Waals surface area contributed by atoms with Crippen LogP contribution in [0, 0.1) is 0 Å². The van der Waals surface area contributed by atoms with Gasteiger partial charge in [0.1, 0.15) is 5.75 Å². The first-order valence-corrected chi connectivity index (χ1v) is 6.65. The maximum absolute atomic E-state index is 9.43. The Morgan fingerprint density at radius 2 is 2.32 bits per heavy atom. The van der Waals surface area contributed by atoms with E-state index in [1.807, 2.05) is 12.1 Å². The van der Waals surface area contributed by atoms with E-state index in [-0.39, 0.29) is 11.8 Å². The van der Waals surface area contributed by atoms with Crippen molar-refractivity contribution in [1.29, 1.82) is 0 Å². The van der Waals surface area contributed by atoms with Crippen molar-refractivity contribution in [3.05, 3.63) is 41.5 Å². The number of piperidine rings is 1. The zero-order valence-corrected chi connectivity index (χ0v) is 10.7. The lowest BCUT2D eigenvalue weighted by Crippen LogP contribution is -2.27. The number of phenols is 1. The number of benzene rings is 1. The van der Waals surface area contributed by atoms with E-state index in [4.69, 9.17) is 4.52 Å². The fourth-order valence-electron chi connectivity index (χ4n) is 2.39. The van der Waals surface area contributed by atoms with E-state index in [1.54, 1.807) is 12.1 Å². The first-order chi connectivity index (χ1) is 9.31. The van der Waals surface area contributed by atoms with Crippen LogP contribution in [0.1, 0.15) is 42.6 Å². The van der Waals surface area contributed by atoms with Crippen LogP contribution in [0.15, 0.2) is 28.8 Å². The van der Waals surface area contributed by atoms with E-state index in [2.05, 4.69) is 15.5 Å². The van der Waals surface area contributed by atoms with Crippen LogP contribution in [-0.4, -0.2) is 21.8 Å². The van der Waals surface area contributed by atoms with Crippen molar-refractivity contribution in [2.45, 2.75) is 31.7 Å². The predicted octanol–water partition coefficient (Wildman–Crippen LogP) is 2.18. The zero-order valence-electron chi connectivity index (χ0n) is 10.7. The molecule has 0 radical (unpaired) electrons. The Morgan fingerprint density at radius 1 is 1.37 bits per heavy atom. The molecule has 0 saturated carbocycles. The number of nitrogens with one attached hydrogen (secondary N) is 1. The Kier molecular flexibility index (Phi) is 3.46. The highest BCUT2D eigenvalue weighted by atomic mass is 16.5. The third-order valence-corrected chi connectivity index (χ3v) is 3.37. The molecule has 2 aromatic rings. The minimum Gasteiger partial charge on any atom is -0.508 e. The predicted molar refractivity (Wildman–Crippen MR) is 69.8 cm³/mol. The quantitative estimate of drug-likeness (QED) is 0.884. The number of nitrogens with zero attached hydrogens (tertiary/aromatic N) is 2. The average molecular weight is 259 g/mol. The summed E-state index contributed by atoms with van der Waals surface area (Å²) in [6.07, 6.45) is 4.03. The largest absolute Gasteiger partial charge is 0.508 e. The lowest BCUT2D eigenvalue weighted by Gasteiger charge is -2.19. The summed E-state index contributed by atoms with van der Waals surface area (Å²) in [6.45, 7) is 1.01. The Morgan fingerprint density at radius 3 is 3.11 bits per heavy atom. The minimum atomic E-state index is 0.194. The van der Waals surface area contributed by atoms with Gasteiger partial charge in [0, 0.05) is 6.42 Å². The molecule has 19 heavy (non-hydrogen) atoms. The van der Waals surface area contributed by atoms with Crippen LogP contribution in [0.3, 0.4) is 0 Å². The second-order valence-electron chi connectivity index (χ2n) is 4.90. The van der Waals surface area contributed by atoms with Crippen LogP contribution < -0.4 is 5.32 Å². The van der Waals surface area contributed by atoms with Gasteiger partial charge in [-0.25, -0.2) is 0 Å². The van der Waals surface area contributed by atoms with Gasteiger partial charge in [-0.15, -0.1) is 0 Å². The highest BCUT2D eigenvalue weighted by Crippen LogP contribution is 2.22. The monoisotopic (exact) mass is 259 g/mol. The zero-order chi connectivity index (χ0) is 13.1. The fraction of sp³-hybridized carbons (Fsp3) is 0.429. The van der Waals surface area contributed by atoms with Gasteiger partial charge in [-0.2, -0.15) is 4.98 Å². The van der Waals surface area contributed by atoms with Crippen molar-refractivity contribution in [3.63, 3.8) is 0 Å². The van der Waals surface area contributed by atoms with E-state index in [1.165, 1.54) is 12.8 Å². The minimum absolute atomic E-state index is 0.194. The Hall–Kier alpha value is -1.88. The van der Waals surface area contributed by atoms with E-state index in [9.17, 15) is 5.11 Å². The highest BCUT2D eigenvalue weighted by Gasteiger charge is 2.20. The molecule has 1 aromatic carbocycles. The summed E-state index contributed by atoms with van der Waals surface area (Å²) in [7, 11) is 0. The molecule has 1 aliphatic rings. The van der Waals surface area contributed by atoms with Gasteiger partial charge in [0.25, 0.3) is 0 Å². The number of hydrogen-bond acceptors (Lipinski definition) is 5. The van der Waals surface area contributed by atoms with Gasteiger partial charge in [-0.05, 0) is 37.1 Å². The van der Waals surface area contributed by atoms with Gasteiger partial charge in [-0.3, -0.25) is 0 Å². The van der Waals surface area contributed by atoms with Crippen molar-refractivity contribution in [1.82, 2.24) is 15.5 Å². The number of aromatic hydroxyl groups is 1. The normalized spacial score (nSPS) is 19.5. The summed E-state index contributed by atoms with van der Waals surface area (Å²) < 4.78 is 5.32. The molecule has 5 nitrogen and oxygen atoms in total. The van der Waals surface area contributed by atoms with Crippen LogP contribution in [0.25, 0.3) is 0 Å². The first-order valence-electron chi connectivity index (χ1n) is 6.65. The molecule has 1 atom stereocenters. The van der Waals surface area contributed by atoms with Crippen molar-refractivity contribution in [3.8, 4) is 5.75 Å². The third kappa shape index (κ3) is 2.93. The molecule has 100 valence electrons. The number of rotatable bonds is 3. The molecular weight excluding hydrogens is 242 g/mol. The van der Waals surface area contributed by atoms with Crippen LogP contribution in [0.5, 0.6) is 5.75 Å². The van der Waals surface area contributed by atoms with Gasteiger partial charge in [0.2, 0.25) is 5.89 Å². The highest BCUT2D eigenvalue weighted by molar-refractivity contribution is 5.28. The van der Waals surface area contributed by atoms with Gasteiger partial charge < -0.3 is 14.9 Å². The van der Waals surface area contributed by atoms with Crippen molar-refractivity contribution >= 4 is 0 Å². The van der Waals surface area contributed by atoms with Crippen LogP contribution >= 0.6 is 0 Å². The summed E-state index contributed by atoms with van der Waals surface area (Å²) in [5.41, 5.74) is 0.976. The van der Waals surface area contributed by atoms with Gasteiger partial charge in [0.05, 0.1) is 6.04 Å². The average Bonchev–Trinajstić information content (AvgIpc) is 2.88. The Labute approximate surface area is 111 Å². The summed E-state index contributed by atoms with van der Waals surface area (Å²) in [4.78, 5) is 4.44. The second kappa shape index (κ2) is 5.40. The molecule has 5 heteroatoms. The second-order valence-corrected chi connectivity index (χ2v) is 4.90. The van der Waals surface area contributed by atoms with E-state index >= 15 is 0 Å². The van der Waals surface area contributed by atoms with Crippen molar-refractivity contribution in [2.24, 2.45) is 0 Å². The standard InChI is InChI=1S/C14H17N3O2/c18-11-5-3-4-10(8-11)9-13-16-14(19-17-13)12-6-1-2-7-15-12/h3-5,8,12,15,18H,1-2,6-7,9H2. The molecule has 0 bridgehead atoms. The summed E-state index contributed by atoms with van der Waals surface area (Å²) >= 11 is 0. The van der Waals surface area contributed by atoms with Crippen LogP contribution in [0.4, 0.5) is 0 Å². The van der Waals surface area contributed by atoms with Gasteiger partial charge >= 0.3 is 0 Å². The Balaban J connectivity index is 1.70. The summed E-state index contributed by atoms with van der Waals surface area (Å²) in [6, 6.07) is 7.31. The SMILES string of the molecule is Oc1cccc(Cc2noc(C3CCCCN3)n2)c1. The molecule has 3 rings (SSSR count). The fourth-order valence-corrected chi connectivity index (χ4v) is 2.39. The molecular formula is C14H17N3O2. The van der Waals surface area contributed by atoms with E-state index in [0.717, 1.165) is 18.5 Å². The van der Waals surface area contributed by atoms with E-state index < -0.39 is 0 Å². The number of hydrogen-bond donors (Lipinski definition) is 2. The summed E-state index contributed by atoms with van der Waals surface area (Å²) in [5, 5.41) is 16.8. The van der Waals surface area contributed by atoms with E-state index in [0.29, 0.717) is 18.1 Å². The molecule has 1 aromatic heterocycles. The maximum Gasteiger partial charge on any atom is 0.243 e. The molecule has 2 N–H and O–H groups in total. The smallest absolute Gasteiger partial charge is 0.243 e. The Bertz CT molecular complexity index is 547. The lowest BCUT2D eigenvalue weighted by molar-refractivity contribution is 0.296. The molecule has 0 amide bonds. The first kappa shape index (κ1) is 12.2. The van der Waals surface area contributed by atoms with Crippen molar-refractivity contribution < 1.29 is 9.63 Å². The molecule has 1 fully saturated rings. The van der Waals surface area contributed by atoms with Crippen LogP contribution in [0.2, 0.25) is 0 Å². The van der Waals surface area contributed by atoms with Gasteiger partial charge in [0.15, 0.2) is 5.82 Å². The molecule has 1 saturated heterocycles. The van der Waals surface area contributed by atoms with Crippen LogP contribution in [-0.2, 0) is 6.42 Å². The molecule has 0 spiro atoms. The number of phenolic OH excluding ortho intramolecular Hbond substituents is 1. The topological polar surface area (TPSA) is 71.2 Å².